The third-order valence-corrected chi connectivity index (χ3v) is 4.34. The van der Waals surface area contributed by atoms with Crippen LogP contribution in [0, 0.1) is 5.82 Å². The first kappa shape index (κ1) is 17.1. The van der Waals surface area contributed by atoms with Gasteiger partial charge in [0, 0.05) is 29.9 Å². The summed E-state index contributed by atoms with van der Waals surface area (Å²) < 4.78 is 13.6. The predicted molar refractivity (Wildman–Crippen MR) is 91.5 cm³/mol. The number of nitrogens with one attached hydrogen (secondary N) is 2. The zero-order chi connectivity index (χ0) is 17.6. The van der Waals surface area contributed by atoms with Crippen molar-refractivity contribution in [1.29, 1.82) is 0 Å². The van der Waals surface area contributed by atoms with Crippen molar-refractivity contribution in [3.63, 3.8) is 0 Å². The van der Waals surface area contributed by atoms with E-state index in [1.54, 1.807) is 24.3 Å². The van der Waals surface area contributed by atoms with Gasteiger partial charge in [-0.3, -0.25) is 14.6 Å². The second-order valence-corrected chi connectivity index (χ2v) is 6.16. The second kappa shape index (κ2) is 7.88. The van der Waals surface area contributed by atoms with Crippen LogP contribution in [0.5, 0.6) is 0 Å². The third kappa shape index (κ3) is 4.41. The summed E-state index contributed by atoms with van der Waals surface area (Å²) in [5.41, 5.74) is 0.930. The number of rotatable bonds is 5. The van der Waals surface area contributed by atoms with Crippen LogP contribution in [0.2, 0.25) is 0 Å². The van der Waals surface area contributed by atoms with E-state index in [-0.39, 0.29) is 30.0 Å². The highest BCUT2D eigenvalue weighted by molar-refractivity contribution is 5.98. The van der Waals surface area contributed by atoms with Gasteiger partial charge in [0.05, 0.1) is 0 Å². The summed E-state index contributed by atoms with van der Waals surface area (Å²) in [5.74, 6) is -1.02. The molecule has 25 heavy (non-hydrogen) atoms. The molecule has 2 N–H and O–H groups in total. The largest absolute Gasteiger partial charge is 0.349 e. The number of aromatic nitrogens is 1. The van der Waals surface area contributed by atoms with Gasteiger partial charge in [0.15, 0.2) is 0 Å². The van der Waals surface area contributed by atoms with E-state index in [0.717, 1.165) is 25.7 Å². The van der Waals surface area contributed by atoms with Crippen molar-refractivity contribution in [2.24, 2.45) is 0 Å². The molecule has 6 heteroatoms. The lowest BCUT2D eigenvalue weighted by molar-refractivity contribution is 0.0937. The topological polar surface area (TPSA) is 71.1 Å². The van der Waals surface area contributed by atoms with Gasteiger partial charge in [0.25, 0.3) is 11.8 Å². The molecule has 0 unspecified atom stereocenters. The highest BCUT2D eigenvalue weighted by Gasteiger charge is 2.19. The average molecular weight is 341 g/mol. The molecular weight excluding hydrogens is 321 g/mol. The van der Waals surface area contributed by atoms with E-state index in [1.807, 2.05) is 0 Å². The van der Waals surface area contributed by atoms with Crippen LogP contribution in [-0.2, 0) is 6.54 Å². The number of amides is 2. The van der Waals surface area contributed by atoms with Crippen LogP contribution >= 0.6 is 0 Å². The first-order valence-electron chi connectivity index (χ1n) is 8.42. The molecule has 2 amide bonds. The van der Waals surface area contributed by atoms with Crippen LogP contribution < -0.4 is 10.6 Å². The molecule has 1 aromatic carbocycles. The van der Waals surface area contributed by atoms with E-state index in [1.165, 1.54) is 18.3 Å². The minimum atomic E-state index is -0.446. The van der Waals surface area contributed by atoms with Crippen molar-refractivity contribution in [2.75, 3.05) is 0 Å². The first-order chi connectivity index (χ1) is 12.1. The highest BCUT2D eigenvalue weighted by Crippen LogP contribution is 2.18. The molecule has 130 valence electrons. The van der Waals surface area contributed by atoms with Crippen molar-refractivity contribution in [3.05, 3.63) is 65.2 Å². The Morgan fingerprint density at radius 3 is 2.64 bits per heavy atom. The molecule has 3 rings (SSSR count). The van der Waals surface area contributed by atoms with Crippen molar-refractivity contribution in [3.8, 4) is 0 Å². The van der Waals surface area contributed by atoms with Gasteiger partial charge in [0.2, 0.25) is 0 Å². The predicted octanol–water partition coefficient (Wildman–Crippen LogP) is 2.82. The van der Waals surface area contributed by atoms with E-state index in [0.29, 0.717) is 11.1 Å². The average Bonchev–Trinajstić information content (AvgIpc) is 3.14. The molecule has 2 aromatic rings. The molecule has 1 aromatic heterocycles. The first-order valence-corrected chi connectivity index (χ1v) is 8.42. The van der Waals surface area contributed by atoms with Crippen molar-refractivity contribution < 1.29 is 14.0 Å². The summed E-state index contributed by atoms with van der Waals surface area (Å²) in [6.45, 7) is 0.0612. The van der Waals surface area contributed by atoms with Crippen LogP contribution in [-0.4, -0.2) is 22.8 Å². The molecule has 1 aliphatic carbocycles. The number of hydrogen-bond acceptors (Lipinski definition) is 3. The maximum Gasteiger partial charge on any atom is 0.270 e. The fourth-order valence-electron chi connectivity index (χ4n) is 2.94. The monoisotopic (exact) mass is 341 g/mol. The van der Waals surface area contributed by atoms with E-state index in [2.05, 4.69) is 15.6 Å². The number of halogens is 1. The minimum absolute atomic E-state index is 0.0612. The van der Waals surface area contributed by atoms with Gasteiger partial charge in [-0.2, -0.15) is 0 Å². The fourth-order valence-corrected chi connectivity index (χ4v) is 2.94. The van der Waals surface area contributed by atoms with Gasteiger partial charge < -0.3 is 10.6 Å². The molecule has 1 saturated carbocycles. The lowest BCUT2D eigenvalue weighted by Gasteiger charge is -2.12. The molecule has 0 aliphatic heterocycles. The molecule has 0 spiro atoms. The Labute approximate surface area is 145 Å². The summed E-state index contributed by atoms with van der Waals surface area (Å²) in [6.07, 6.45) is 5.68. The van der Waals surface area contributed by atoms with Crippen LogP contribution in [0.3, 0.4) is 0 Å². The Balaban J connectivity index is 1.63. The van der Waals surface area contributed by atoms with Gasteiger partial charge >= 0.3 is 0 Å². The third-order valence-electron chi connectivity index (χ3n) is 4.34. The highest BCUT2D eigenvalue weighted by atomic mass is 19.1. The zero-order valence-electron chi connectivity index (χ0n) is 13.8. The van der Waals surface area contributed by atoms with Crippen LogP contribution in [0.15, 0.2) is 42.6 Å². The van der Waals surface area contributed by atoms with Crippen LogP contribution in [0.25, 0.3) is 0 Å². The quantitative estimate of drug-likeness (QED) is 0.878. The van der Waals surface area contributed by atoms with Crippen molar-refractivity contribution in [2.45, 2.75) is 38.3 Å². The summed E-state index contributed by atoms with van der Waals surface area (Å²) >= 11 is 0. The molecule has 0 radical (unpaired) electrons. The van der Waals surface area contributed by atoms with Gasteiger partial charge in [-0.15, -0.1) is 0 Å². The number of hydrogen-bond donors (Lipinski definition) is 2. The SMILES string of the molecule is O=C(NC1CCCC1)c1ccnc(C(=O)NCc2ccccc2F)c1. The Morgan fingerprint density at radius 2 is 1.88 bits per heavy atom. The van der Waals surface area contributed by atoms with Crippen LogP contribution in [0.1, 0.15) is 52.1 Å². The maximum atomic E-state index is 13.6. The van der Waals surface area contributed by atoms with E-state index >= 15 is 0 Å². The number of benzene rings is 1. The molecule has 1 heterocycles. The van der Waals surface area contributed by atoms with Gasteiger partial charge in [-0.25, -0.2) is 4.39 Å². The Kier molecular flexibility index (Phi) is 5.38. The van der Waals surface area contributed by atoms with Crippen molar-refractivity contribution in [1.82, 2.24) is 15.6 Å². The Hall–Kier alpha value is -2.76. The normalized spacial score (nSPS) is 14.3. The molecule has 1 fully saturated rings. The number of carbonyl (C=O) groups is 2. The molecular formula is C19H20FN3O2. The van der Waals surface area contributed by atoms with Gasteiger partial charge in [-0.1, -0.05) is 31.0 Å². The van der Waals surface area contributed by atoms with Crippen molar-refractivity contribution >= 4 is 11.8 Å². The number of nitrogens with zero attached hydrogens (tertiary/aromatic N) is 1. The molecule has 5 nitrogen and oxygen atoms in total. The number of carbonyl (C=O) groups excluding carboxylic acids is 2. The Morgan fingerprint density at radius 1 is 1.12 bits per heavy atom. The second-order valence-electron chi connectivity index (χ2n) is 6.16. The standard InChI is InChI=1S/C19H20FN3O2/c20-16-8-4-1-5-14(16)12-22-19(25)17-11-13(9-10-21-17)18(24)23-15-6-2-3-7-15/h1,4-5,8-11,15H,2-3,6-7,12H2,(H,22,25)(H,23,24). The lowest BCUT2D eigenvalue weighted by atomic mass is 10.1. The lowest BCUT2D eigenvalue weighted by Crippen LogP contribution is -2.33. The molecule has 0 saturated heterocycles. The molecule has 0 bridgehead atoms. The number of pyridine rings is 1. The summed E-state index contributed by atoms with van der Waals surface area (Å²) in [4.78, 5) is 28.5. The smallest absolute Gasteiger partial charge is 0.270 e. The summed E-state index contributed by atoms with van der Waals surface area (Å²) in [6, 6.07) is 9.49. The summed E-state index contributed by atoms with van der Waals surface area (Å²) in [7, 11) is 0. The van der Waals surface area contributed by atoms with Crippen LogP contribution in [0.4, 0.5) is 4.39 Å². The van der Waals surface area contributed by atoms with E-state index < -0.39 is 5.91 Å². The molecule has 1 aliphatic rings. The Bertz CT molecular complexity index is 773. The minimum Gasteiger partial charge on any atom is -0.349 e. The van der Waals surface area contributed by atoms with E-state index in [9.17, 15) is 14.0 Å². The van der Waals surface area contributed by atoms with E-state index in [4.69, 9.17) is 0 Å². The molecule has 0 atom stereocenters. The summed E-state index contributed by atoms with van der Waals surface area (Å²) in [5, 5.41) is 5.60. The maximum absolute atomic E-state index is 13.6. The van der Waals surface area contributed by atoms with Gasteiger partial charge in [-0.05, 0) is 31.0 Å². The fraction of sp³-hybridized carbons (Fsp3) is 0.316. The van der Waals surface area contributed by atoms with Gasteiger partial charge in [0.1, 0.15) is 11.5 Å². The zero-order valence-corrected chi connectivity index (χ0v) is 13.8.